The highest BCUT2D eigenvalue weighted by molar-refractivity contribution is 6.31. The third-order valence-electron chi connectivity index (χ3n) is 3.07. The second-order valence-electron chi connectivity index (χ2n) is 4.00. The molecule has 0 aliphatic carbocycles. The number of rotatable bonds is 0. The fraction of sp³-hybridized carbons (Fsp3) is 0.417. The zero-order valence-electron chi connectivity index (χ0n) is 9.01. The quantitative estimate of drug-likeness (QED) is 0.662. The average Bonchev–Trinajstić information content (AvgIpc) is 2.23. The number of benzene rings is 1. The molecule has 15 heavy (non-hydrogen) atoms. The minimum absolute atomic E-state index is 0.139. The molecule has 1 amide bonds. The summed E-state index contributed by atoms with van der Waals surface area (Å²) in [5, 5.41) is 0.791. The van der Waals surface area contributed by atoms with E-state index in [0.29, 0.717) is 6.54 Å². The molecule has 0 unspecified atom stereocenters. The van der Waals surface area contributed by atoms with Crippen molar-refractivity contribution in [2.24, 2.45) is 0 Å². The molecule has 0 radical (unpaired) electrons. The van der Waals surface area contributed by atoms with E-state index in [9.17, 15) is 4.79 Å². The summed E-state index contributed by atoms with van der Waals surface area (Å²) in [5.74, 6) is 0.139. The van der Waals surface area contributed by atoms with Gasteiger partial charge in [-0.1, -0.05) is 17.7 Å². The summed E-state index contributed by atoms with van der Waals surface area (Å²) in [4.78, 5) is 13.2. The molecule has 0 saturated heterocycles. The van der Waals surface area contributed by atoms with E-state index in [-0.39, 0.29) is 5.91 Å². The topological polar surface area (TPSA) is 20.3 Å². The molecular weight excluding hydrogens is 210 g/mol. The van der Waals surface area contributed by atoms with E-state index >= 15 is 0 Å². The van der Waals surface area contributed by atoms with Gasteiger partial charge in [-0.25, -0.2) is 0 Å². The van der Waals surface area contributed by atoms with Crippen LogP contribution in [0.25, 0.3) is 0 Å². The smallest absolute Gasteiger partial charge is 0.219 e. The average molecular weight is 224 g/mol. The first-order valence-electron chi connectivity index (χ1n) is 5.12. The lowest BCUT2D eigenvalue weighted by Gasteiger charge is -2.29. The fourth-order valence-electron chi connectivity index (χ4n) is 2.03. The monoisotopic (exact) mass is 223 g/mol. The van der Waals surface area contributed by atoms with Gasteiger partial charge in [0.05, 0.1) is 0 Å². The summed E-state index contributed by atoms with van der Waals surface area (Å²) >= 11 is 6.07. The first-order valence-corrected chi connectivity index (χ1v) is 5.49. The maximum atomic E-state index is 11.3. The van der Waals surface area contributed by atoms with Gasteiger partial charge < -0.3 is 4.90 Å². The van der Waals surface area contributed by atoms with E-state index in [0.717, 1.165) is 23.6 Å². The predicted octanol–water partition coefficient (Wildman–Crippen LogP) is 2.55. The van der Waals surface area contributed by atoms with Gasteiger partial charge in [-0.05, 0) is 36.1 Å². The van der Waals surface area contributed by atoms with Crippen LogP contribution in [-0.4, -0.2) is 17.4 Å². The van der Waals surface area contributed by atoms with Crippen LogP contribution in [0, 0.1) is 6.92 Å². The van der Waals surface area contributed by atoms with Gasteiger partial charge in [0, 0.05) is 25.0 Å². The lowest BCUT2D eigenvalue weighted by atomic mass is 9.95. The number of hydrogen-bond donors (Lipinski definition) is 0. The summed E-state index contributed by atoms with van der Waals surface area (Å²) < 4.78 is 0. The first kappa shape index (κ1) is 10.5. The van der Waals surface area contributed by atoms with Crippen LogP contribution in [-0.2, 0) is 17.8 Å². The van der Waals surface area contributed by atoms with Gasteiger partial charge in [0.2, 0.25) is 5.91 Å². The molecule has 0 atom stereocenters. The Morgan fingerprint density at radius 2 is 2.20 bits per heavy atom. The minimum atomic E-state index is 0.139. The van der Waals surface area contributed by atoms with E-state index in [1.807, 2.05) is 17.9 Å². The van der Waals surface area contributed by atoms with Crippen molar-refractivity contribution in [1.82, 2.24) is 4.90 Å². The van der Waals surface area contributed by atoms with Crippen LogP contribution >= 0.6 is 11.6 Å². The van der Waals surface area contributed by atoms with Gasteiger partial charge in [0.1, 0.15) is 0 Å². The van der Waals surface area contributed by atoms with Crippen molar-refractivity contribution in [2.75, 3.05) is 6.54 Å². The molecule has 1 heterocycles. The molecule has 1 aromatic carbocycles. The van der Waals surface area contributed by atoms with Gasteiger partial charge >= 0.3 is 0 Å². The lowest BCUT2D eigenvalue weighted by Crippen LogP contribution is -2.34. The second kappa shape index (κ2) is 3.86. The van der Waals surface area contributed by atoms with Crippen molar-refractivity contribution in [3.8, 4) is 0 Å². The van der Waals surface area contributed by atoms with Crippen molar-refractivity contribution in [3.05, 3.63) is 33.8 Å². The highest BCUT2D eigenvalue weighted by Gasteiger charge is 2.20. The molecule has 80 valence electrons. The van der Waals surface area contributed by atoms with Crippen LogP contribution in [0.5, 0.6) is 0 Å². The Bertz CT molecular complexity index is 414. The number of carbonyl (C=O) groups is 1. The van der Waals surface area contributed by atoms with Crippen molar-refractivity contribution >= 4 is 17.5 Å². The Morgan fingerprint density at radius 3 is 2.87 bits per heavy atom. The summed E-state index contributed by atoms with van der Waals surface area (Å²) in [6, 6.07) is 4.02. The third-order valence-corrected chi connectivity index (χ3v) is 3.48. The number of nitrogens with zero attached hydrogens (tertiary/aromatic N) is 1. The second-order valence-corrected chi connectivity index (χ2v) is 4.41. The molecule has 2 nitrogen and oxygen atoms in total. The SMILES string of the molecule is CC(=O)N1CCc2ccc(Cl)c(C)c2C1. The highest BCUT2D eigenvalue weighted by Crippen LogP contribution is 2.27. The van der Waals surface area contributed by atoms with Gasteiger partial charge in [0.15, 0.2) is 0 Å². The molecule has 3 heteroatoms. The molecule has 2 rings (SSSR count). The number of fused-ring (bicyclic) bond motifs is 1. The zero-order chi connectivity index (χ0) is 11.0. The van der Waals surface area contributed by atoms with Gasteiger partial charge in [0.25, 0.3) is 0 Å². The molecule has 1 aliphatic heterocycles. The summed E-state index contributed by atoms with van der Waals surface area (Å²) in [6.07, 6.45) is 0.937. The van der Waals surface area contributed by atoms with Crippen LogP contribution in [0.4, 0.5) is 0 Å². The van der Waals surface area contributed by atoms with E-state index in [1.54, 1.807) is 6.92 Å². The molecule has 0 spiro atoms. The predicted molar refractivity (Wildman–Crippen MR) is 61.0 cm³/mol. The molecule has 0 aromatic heterocycles. The van der Waals surface area contributed by atoms with Crippen LogP contribution in [0.3, 0.4) is 0 Å². The van der Waals surface area contributed by atoms with Crippen molar-refractivity contribution < 1.29 is 4.79 Å². The van der Waals surface area contributed by atoms with Crippen molar-refractivity contribution in [2.45, 2.75) is 26.8 Å². The van der Waals surface area contributed by atoms with E-state index < -0.39 is 0 Å². The molecule has 0 N–H and O–H groups in total. The first-order chi connectivity index (χ1) is 7.09. The molecule has 0 saturated carbocycles. The molecule has 1 aromatic rings. The minimum Gasteiger partial charge on any atom is -0.338 e. The van der Waals surface area contributed by atoms with Gasteiger partial charge in [-0.2, -0.15) is 0 Å². The molecular formula is C12H14ClNO. The largest absolute Gasteiger partial charge is 0.338 e. The molecule has 1 aliphatic rings. The molecule has 0 bridgehead atoms. The number of carbonyl (C=O) groups excluding carboxylic acids is 1. The lowest BCUT2D eigenvalue weighted by molar-refractivity contribution is -0.129. The zero-order valence-corrected chi connectivity index (χ0v) is 9.77. The standard InChI is InChI=1S/C12H14ClNO/c1-8-11-7-14(9(2)15)6-5-10(11)3-4-12(8)13/h3-4H,5-7H2,1-2H3. The van der Waals surface area contributed by atoms with Crippen molar-refractivity contribution in [3.63, 3.8) is 0 Å². The maximum Gasteiger partial charge on any atom is 0.219 e. The number of amides is 1. The van der Waals surface area contributed by atoms with E-state index in [2.05, 4.69) is 6.07 Å². The Kier molecular flexibility index (Phi) is 2.70. The third kappa shape index (κ3) is 1.86. The van der Waals surface area contributed by atoms with Crippen molar-refractivity contribution in [1.29, 1.82) is 0 Å². The highest BCUT2D eigenvalue weighted by atomic mass is 35.5. The Labute approximate surface area is 94.8 Å². The van der Waals surface area contributed by atoms with Crippen LogP contribution < -0.4 is 0 Å². The molecule has 0 fully saturated rings. The van der Waals surface area contributed by atoms with Gasteiger partial charge in [-0.3, -0.25) is 4.79 Å². The Morgan fingerprint density at radius 1 is 1.47 bits per heavy atom. The summed E-state index contributed by atoms with van der Waals surface area (Å²) in [7, 11) is 0. The van der Waals surface area contributed by atoms with E-state index in [1.165, 1.54) is 11.1 Å². The van der Waals surface area contributed by atoms with Crippen LogP contribution in [0.15, 0.2) is 12.1 Å². The fourth-order valence-corrected chi connectivity index (χ4v) is 2.21. The van der Waals surface area contributed by atoms with Gasteiger partial charge in [-0.15, -0.1) is 0 Å². The summed E-state index contributed by atoms with van der Waals surface area (Å²) in [6.45, 7) is 5.16. The number of hydrogen-bond acceptors (Lipinski definition) is 1. The maximum absolute atomic E-state index is 11.3. The summed E-state index contributed by atoms with van der Waals surface area (Å²) in [5.41, 5.74) is 3.67. The normalized spacial score (nSPS) is 15.0. The number of halogens is 1. The van der Waals surface area contributed by atoms with Crippen LogP contribution in [0.1, 0.15) is 23.6 Å². The Hall–Kier alpha value is -1.02. The Balaban J connectivity index is 2.39. The van der Waals surface area contributed by atoms with E-state index in [4.69, 9.17) is 11.6 Å². The van der Waals surface area contributed by atoms with Crippen LogP contribution in [0.2, 0.25) is 5.02 Å².